The van der Waals surface area contributed by atoms with Gasteiger partial charge >= 0.3 is 6.09 Å². The van der Waals surface area contributed by atoms with Crippen LogP contribution in [-0.2, 0) is 10.2 Å². The molecule has 2 saturated heterocycles. The number of amides is 1. The third-order valence-electron chi connectivity index (χ3n) is 7.19. The van der Waals surface area contributed by atoms with E-state index in [9.17, 15) is 9.18 Å². The topological polar surface area (TPSA) is 48.9 Å². The number of rotatable bonds is 3. The van der Waals surface area contributed by atoms with Crippen LogP contribution in [-0.4, -0.2) is 66.2 Å². The molecule has 6 nitrogen and oxygen atoms in total. The number of halogens is 1. The molecule has 2 aromatic rings. The van der Waals surface area contributed by atoms with Crippen LogP contribution in [0.3, 0.4) is 0 Å². The second-order valence-electron chi connectivity index (χ2n) is 8.80. The molecule has 1 amide bonds. The summed E-state index contributed by atoms with van der Waals surface area (Å²) in [5.74, 6) is -0.159. The van der Waals surface area contributed by atoms with Gasteiger partial charge < -0.3 is 19.4 Å². The van der Waals surface area contributed by atoms with Crippen LogP contribution in [0.4, 0.5) is 20.0 Å². The fourth-order valence-electron chi connectivity index (χ4n) is 5.53. The summed E-state index contributed by atoms with van der Waals surface area (Å²) in [6, 6.07) is 5.73. The van der Waals surface area contributed by atoms with E-state index in [0.717, 1.165) is 74.8 Å². The van der Waals surface area contributed by atoms with Crippen molar-refractivity contribution in [2.75, 3.05) is 44.2 Å². The molecule has 5 rings (SSSR count). The summed E-state index contributed by atoms with van der Waals surface area (Å²) in [5.41, 5.74) is 2.22. The molecule has 0 bridgehead atoms. The van der Waals surface area contributed by atoms with E-state index in [-0.39, 0.29) is 17.3 Å². The number of anilines is 2. The van der Waals surface area contributed by atoms with Crippen LogP contribution in [0.1, 0.15) is 38.2 Å². The number of likely N-dealkylation sites (tertiary alicyclic amines) is 2. The fraction of sp³-hybridized carbons (Fsp3) is 0.565. The SMILES string of the molecule is CCOC(=O)N1CCC(N2CCC3(CC2)CN(c2nccs2)c2ccc(F)cc23)CC1. The van der Waals surface area contributed by atoms with E-state index in [4.69, 9.17) is 4.74 Å². The highest BCUT2D eigenvalue weighted by atomic mass is 32.1. The van der Waals surface area contributed by atoms with Gasteiger partial charge in [-0.2, -0.15) is 0 Å². The van der Waals surface area contributed by atoms with Crippen molar-refractivity contribution in [3.63, 3.8) is 0 Å². The number of aromatic nitrogens is 1. The average molecular weight is 445 g/mol. The van der Waals surface area contributed by atoms with Crippen LogP contribution in [0.5, 0.6) is 0 Å². The molecule has 8 heteroatoms. The summed E-state index contributed by atoms with van der Waals surface area (Å²) < 4.78 is 19.4. The minimum absolute atomic E-state index is 0.0226. The van der Waals surface area contributed by atoms with Gasteiger partial charge in [-0.3, -0.25) is 0 Å². The third-order valence-corrected chi connectivity index (χ3v) is 7.99. The number of piperidine rings is 2. The minimum Gasteiger partial charge on any atom is -0.450 e. The van der Waals surface area contributed by atoms with E-state index in [1.165, 1.54) is 0 Å². The van der Waals surface area contributed by atoms with Gasteiger partial charge in [-0.05, 0) is 69.5 Å². The van der Waals surface area contributed by atoms with Crippen LogP contribution in [0, 0.1) is 5.82 Å². The number of carbonyl (C=O) groups excluding carboxylic acids is 1. The normalized spacial score (nSPS) is 21.5. The van der Waals surface area contributed by atoms with Gasteiger partial charge in [0, 0.05) is 48.4 Å². The van der Waals surface area contributed by atoms with Gasteiger partial charge in [0.15, 0.2) is 5.13 Å². The monoisotopic (exact) mass is 444 g/mol. The molecular weight excluding hydrogens is 415 g/mol. The summed E-state index contributed by atoms with van der Waals surface area (Å²) in [5, 5.41) is 2.98. The quantitative estimate of drug-likeness (QED) is 0.703. The van der Waals surface area contributed by atoms with Crippen LogP contribution in [0.25, 0.3) is 0 Å². The number of hydrogen-bond acceptors (Lipinski definition) is 6. The number of fused-ring (bicyclic) bond motifs is 2. The Labute approximate surface area is 186 Å². The van der Waals surface area contributed by atoms with Gasteiger partial charge in [-0.1, -0.05) is 0 Å². The molecule has 2 fully saturated rings. The van der Waals surface area contributed by atoms with Crippen LogP contribution in [0.2, 0.25) is 0 Å². The molecule has 1 aromatic carbocycles. The molecule has 4 heterocycles. The van der Waals surface area contributed by atoms with E-state index >= 15 is 0 Å². The van der Waals surface area contributed by atoms with E-state index in [2.05, 4.69) is 14.8 Å². The van der Waals surface area contributed by atoms with E-state index in [1.54, 1.807) is 23.5 Å². The lowest BCUT2D eigenvalue weighted by molar-refractivity contribution is 0.0581. The first-order chi connectivity index (χ1) is 15.1. The Morgan fingerprint density at radius 3 is 2.71 bits per heavy atom. The van der Waals surface area contributed by atoms with Gasteiger partial charge in [-0.25, -0.2) is 14.2 Å². The summed E-state index contributed by atoms with van der Waals surface area (Å²) >= 11 is 1.63. The van der Waals surface area contributed by atoms with Gasteiger partial charge in [0.2, 0.25) is 0 Å². The molecule has 3 aliphatic heterocycles. The lowest BCUT2D eigenvalue weighted by Gasteiger charge is -2.45. The molecule has 166 valence electrons. The molecule has 0 saturated carbocycles. The molecule has 1 aromatic heterocycles. The van der Waals surface area contributed by atoms with Crippen LogP contribution in [0.15, 0.2) is 29.8 Å². The lowest BCUT2D eigenvalue weighted by Crippen LogP contribution is -2.52. The molecule has 0 atom stereocenters. The highest BCUT2D eigenvalue weighted by Gasteiger charge is 2.46. The summed E-state index contributed by atoms with van der Waals surface area (Å²) in [6.07, 6.45) is 5.65. The minimum atomic E-state index is -0.189. The molecule has 1 spiro atoms. The molecule has 3 aliphatic rings. The van der Waals surface area contributed by atoms with Crippen molar-refractivity contribution in [1.29, 1.82) is 0 Å². The maximum absolute atomic E-state index is 14.2. The van der Waals surface area contributed by atoms with E-state index < -0.39 is 0 Å². The Morgan fingerprint density at radius 2 is 2.03 bits per heavy atom. The molecule has 0 aliphatic carbocycles. The Bertz CT molecular complexity index is 922. The summed E-state index contributed by atoms with van der Waals surface area (Å²) in [4.78, 5) is 23.2. The van der Waals surface area contributed by atoms with Crippen molar-refractivity contribution in [3.8, 4) is 0 Å². The van der Waals surface area contributed by atoms with Gasteiger partial charge in [0.25, 0.3) is 0 Å². The van der Waals surface area contributed by atoms with Gasteiger partial charge in [0.1, 0.15) is 5.82 Å². The van der Waals surface area contributed by atoms with Crippen molar-refractivity contribution in [2.45, 2.75) is 44.1 Å². The summed E-state index contributed by atoms with van der Waals surface area (Å²) in [7, 11) is 0. The number of benzene rings is 1. The van der Waals surface area contributed by atoms with Gasteiger partial charge in [0.05, 0.1) is 6.61 Å². The predicted molar refractivity (Wildman–Crippen MR) is 120 cm³/mol. The van der Waals surface area contributed by atoms with Crippen molar-refractivity contribution < 1.29 is 13.9 Å². The van der Waals surface area contributed by atoms with Crippen molar-refractivity contribution in [2.24, 2.45) is 0 Å². The maximum atomic E-state index is 14.2. The lowest BCUT2D eigenvalue weighted by atomic mass is 9.74. The van der Waals surface area contributed by atoms with Crippen molar-refractivity contribution in [3.05, 3.63) is 41.2 Å². The van der Waals surface area contributed by atoms with E-state index in [0.29, 0.717) is 12.6 Å². The molecular formula is C23H29FN4O2S. The smallest absolute Gasteiger partial charge is 0.409 e. The first kappa shape index (κ1) is 20.7. The fourth-order valence-corrected chi connectivity index (χ4v) is 6.19. The summed E-state index contributed by atoms with van der Waals surface area (Å²) in [6.45, 7) is 6.67. The van der Waals surface area contributed by atoms with Crippen LogP contribution < -0.4 is 4.90 Å². The van der Waals surface area contributed by atoms with Crippen molar-refractivity contribution >= 4 is 28.2 Å². The number of ether oxygens (including phenoxy) is 1. The highest BCUT2D eigenvalue weighted by molar-refractivity contribution is 7.13. The zero-order valence-electron chi connectivity index (χ0n) is 17.9. The third kappa shape index (κ3) is 3.80. The number of hydrogen-bond donors (Lipinski definition) is 0. The first-order valence-electron chi connectivity index (χ1n) is 11.2. The van der Waals surface area contributed by atoms with Crippen LogP contribution >= 0.6 is 11.3 Å². The predicted octanol–water partition coefficient (Wildman–Crippen LogP) is 4.39. The Balaban J connectivity index is 1.27. The first-order valence-corrected chi connectivity index (χ1v) is 12.1. The Kier molecular flexibility index (Phi) is 5.60. The molecule has 0 N–H and O–H groups in total. The number of nitrogens with zero attached hydrogens (tertiary/aromatic N) is 4. The molecule has 0 unspecified atom stereocenters. The molecule has 31 heavy (non-hydrogen) atoms. The standard InChI is InChI=1S/C23H29FN4O2S/c1-2-30-22(29)27-10-5-18(6-11-27)26-12-7-23(8-13-26)16-28(21-25-9-14-31-21)20-4-3-17(24)15-19(20)23/h3-4,9,14-15,18H,2,5-8,10-13,16H2,1H3. The zero-order chi connectivity index (χ0) is 21.4. The second kappa shape index (κ2) is 8.39. The van der Waals surface area contributed by atoms with E-state index in [1.807, 2.05) is 29.5 Å². The Morgan fingerprint density at radius 1 is 1.26 bits per heavy atom. The maximum Gasteiger partial charge on any atom is 0.409 e. The Hall–Kier alpha value is -2.19. The molecule has 0 radical (unpaired) electrons. The zero-order valence-corrected chi connectivity index (χ0v) is 18.7. The highest BCUT2D eigenvalue weighted by Crippen LogP contribution is 2.50. The van der Waals surface area contributed by atoms with Gasteiger partial charge in [-0.15, -0.1) is 11.3 Å². The van der Waals surface area contributed by atoms with Crippen molar-refractivity contribution in [1.82, 2.24) is 14.8 Å². The largest absolute Gasteiger partial charge is 0.450 e. The second-order valence-corrected chi connectivity index (χ2v) is 9.67. The number of carbonyl (C=O) groups is 1. The average Bonchev–Trinajstić information content (AvgIpc) is 3.42. The number of thiazole rings is 1.